The summed E-state index contributed by atoms with van der Waals surface area (Å²) in [6, 6.07) is 10.7. The summed E-state index contributed by atoms with van der Waals surface area (Å²) in [5.41, 5.74) is 7.17. The third-order valence-electron chi connectivity index (χ3n) is 4.53. The fraction of sp³-hybridized carbons (Fsp3) is 0.562. The van der Waals surface area contributed by atoms with Crippen LogP contribution in [-0.2, 0) is 11.3 Å². The second-order valence-electron chi connectivity index (χ2n) is 5.92. The number of likely N-dealkylation sites (tertiary alicyclic amines) is 2. The second-order valence-corrected chi connectivity index (χ2v) is 5.92. The first-order chi connectivity index (χ1) is 9.74. The first-order valence-electron chi connectivity index (χ1n) is 7.56. The smallest absolute Gasteiger partial charge is 0.239 e. The van der Waals surface area contributed by atoms with E-state index in [2.05, 4.69) is 35.2 Å². The van der Waals surface area contributed by atoms with Gasteiger partial charge in [-0.1, -0.05) is 30.3 Å². The number of carbonyl (C=O) groups is 1. The zero-order valence-electron chi connectivity index (χ0n) is 11.9. The van der Waals surface area contributed by atoms with Gasteiger partial charge in [0.25, 0.3) is 0 Å². The summed E-state index contributed by atoms with van der Waals surface area (Å²) in [7, 11) is 0. The quantitative estimate of drug-likeness (QED) is 0.900. The highest BCUT2D eigenvalue weighted by Gasteiger charge is 2.35. The van der Waals surface area contributed by atoms with Gasteiger partial charge in [0, 0.05) is 32.2 Å². The molecule has 1 aromatic carbocycles. The molecule has 1 atom stereocenters. The third-order valence-corrected chi connectivity index (χ3v) is 4.53. The van der Waals surface area contributed by atoms with Gasteiger partial charge in [-0.05, 0) is 24.8 Å². The van der Waals surface area contributed by atoms with Crippen molar-refractivity contribution in [1.82, 2.24) is 9.80 Å². The molecule has 2 saturated heterocycles. The van der Waals surface area contributed by atoms with Crippen LogP contribution in [0.3, 0.4) is 0 Å². The van der Waals surface area contributed by atoms with Gasteiger partial charge in [0.15, 0.2) is 0 Å². The summed E-state index contributed by atoms with van der Waals surface area (Å²) in [5.74, 6) is 0.159. The number of amides is 1. The van der Waals surface area contributed by atoms with Crippen LogP contribution in [0.15, 0.2) is 30.3 Å². The maximum absolute atomic E-state index is 12.0. The summed E-state index contributed by atoms with van der Waals surface area (Å²) >= 11 is 0. The Morgan fingerprint density at radius 2 is 1.75 bits per heavy atom. The summed E-state index contributed by atoms with van der Waals surface area (Å²) in [4.78, 5) is 16.5. The molecule has 2 heterocycles. The minimum Gasteiger partial charge on any atom is -0.338 e. The number of hydrogen-bond donors (Lipinski definition) is 1. The molecule has 4 heteroatoms. The predicted octanol–water partition coefficient (Wildman–Crippen LogP) is 1.21. The molecule has 0 aromatic heterocycles. The Bertz CT molecular complexity index is 454. The van der Waals surface area contributed by atoms with Crippen LogP contribution in [0.25, 0.3) is 0 Å². The number of nitrogens with two attached hydrogens (primary N) is 1. The minimum absolute atomic E-state index is 0.159. The van der Waals surface area contributed by atoms with E-state index in [9.17, 15) is 4.79 Å². The van der Waals surface area contributed by atoms with E-state index in [1.165, 1.54) is 5.56 Å². The molecule has 0 saturated carbocycles. The Balaban J connectivity index is 1.51. The van der Waals surface area contributed by atoms with Crippen molar-refractivity contribution in [2.75, 3.05) is 19.6 Å². The van der Waals surface area contributed by atoms with Crippen LogP contribution >= 0.6 is 0 Å². The van der Waals surface area contributed by atoms with Crippen LogP contribution < -0.4 is 5.73 Å². The highest BCUT2D eigenvalue weighted by Crippen LogP contribution is 2.22. The van der Waals surface area contributed by atoms with Gasteiger partial charge in [-0.15, -0.1) is 0 Å². The van der Waals surface area contributed by atoms with E-state index in [1.807, 2.05) is 4.90 Å². The highest BCUT2D eigenvalue weighted by molar-refractivity contribution is 5.84. The van der Waals surface area contributed by atoms with Gasteiger partial charge in [0.1, 0.15) is 0 Å². The number of rotatable bonds is 3. The van der Waals surface area contributed by atoms with Crippen molar-refractivity contribution in [3.63, 3.8) is 0 Å². The summed E-state index contributed by atoms with van der Waals surface area (Å²) in [5, 5.41) is 0. The lowest BCUT2D eigenvalue weighted by Crippen LogP contribution is -2.47. The number of carbonyl (C=O) groups excluding carboxylic acids is 1. The maximum Gasteiger partial charge on any atom is 0.239 e. The van der Waals surface area contributed by atoms with Crippen LogP contribution in [0.1, 0.15) is 24.8 Å². The van der Waals surface area contributed by atoms with E-state index in [0.717, 1.165) is 45.4 Å². The van der Waals surface area contributed by atoms with E-state index in [-0.39, 0.29) is 11.9 Å². The van der Waals surface area contributed by atoms with Crippen LogP contribution in [-0.4, -0.2) is 47.4 Å². The lowest BCUT2D eigenvalue weighted by Gasteiger charge is -2.36. The molecule has 0 spiro atoms. The second kappa shape index (κ2) is 5.94. The minimum atomic E-state index is -0.252. The van der Waals surface area contributed by atoms with Gasteiger partial charge >= 0.3 is 0 Å². The van der Waals surface area contributed by atoms with Gasteiger partial charge in [-0.2, -0.15) is 0 Å². The number of hydrogen-bond acceptors (Lipinski definition) is 3. The first kappa shape index (κ1) is 13.6. The number of benzene rings is 1. The highest BCUT2D eigenvalue weighted by atomic mass is 16.2. The van der Waals surface area contributed by atoms with Crippen molar-refractivity contribution in [2.45, 2.75) is 37.9 Å². The van der Waals surface area contributed by atoms with Crippen LogP contribution in [0.4, 0.5) is 0 Å². The third kappa shape index (κ3) is 2.86. The monoisotopic (exact) mass is 273 g/mol. The molecule has 1 amide bonds. The Morgan fingerprint density at radius 1 is 1.05 bits per heavy atom. The number of nitrogens with zero attached hydrogens (tertiary/aromatic N) is 2. The first-order valence-corrected chi connectivity index (χ1v) is 7.56. The van der Waals surface area contributed by atoms with E-state index >= 15 is 0 Å². The molecular formula is C16H23N3O. The molecule has 4 nitrogen and oxygen atoms in total. The lowest BCUT2D eigenvalue weighted by molar-refractivity contribution is -0.131. The summed E-state index contributed by atoms with van der Waals surface area (Å²) in [6.07, 6.45) is 2.97. The van der Waals surface area contributed by atoms with Crippen LogP contribution in [0, 0.1) is 0 Å². The van der Waals surface area contributed by atoms with E-state index < -0.39 is 0 Å². The molecule has 2 fully saturated rings. The normalized spacial score (nSPS) is 25.4. The lowest BCUT2D eigenvalue weighted by atomic mass is 10.0. The van der Waals surface area contributed by atoms with Gasteiger partial charge < -0.3 is 10.6 Å². The Kier molecular flexibility index (Phi) is 4.03. The maximum atomic E-state index is 12.0. The molecule has 0 bridgehead atoms. The molecule has 2 N–H and O–H groups in total. The zero-order valence-corrected chi connectivity index (χ0v) is 11.9. The van der Waals surface area contributed by atoms with E-state index in [1.54, 1.807) is 0 Å². The fourth-order valence-electron chi connectivity index (χ4n) is 3.32. The van der Waals surface area contributed by atoms with Crippen molar-refractivity contribution in [1.29, 1.82) is 0 Å². The topological polar surface area (TPSA) is 49.6 Å². The largest absolute Gasteiger partial charge is 0.338 e. The molecule has 108 valence electrons. The van der Waals surface area contributed by atoms with Crippen molar-refractivity contribution in [3.8, 4) is 0 Å². The number of piperidine rings is 1. The molecule has 0 aliphatic carbocycles. The Morgan fingerprint density at radius 3 is 2.35 bits per heavy atom. The van der Waals surface area contributed by atoms with Crippen molar-refractivity contribution in [3.05, 3.63) is 35.9 Å². The van der Waals surface area contributed by atoms with E-state index in [0.29, 0.717) is 6.04 Å². The SMILES string of the molecule is NC1CCN(C2CCN(Cc3ccccc3)CC2)C1=O. The fourth-order valence-corrected chi connectivity index (χ4v) is 3.32. The molecule has 20 heavy (non-hydrogen) atoms. The van der Waals surface area contributed by atoms with Gasteiger partial charge in [0.2, 0.25) is 5.91 Å². The van der Waals surface area contributed by atoms with Crippen LogP contribution in [0.2, 0.25) is 0 Å². The van der Waals surface area contributed by atoms with Crippen molar-refractivity contribution in [2.24, 2.45) is 5.73 Å². The summed E-state index contributed by atoms with van der Waals surface area (Å²) in [6.45, 7) is 4.00. The van der Waals surface area contributed by atoms with Gasteiger partial charge in [-0.25, -0.2) is 0 Å². The molecular weight excluding hydrogens is 250 g/mol. The van der Waals surface area contributed by atoms with Crippen LogP contribution in [0.5, 0.6) is 0 Å². The van der Waals surface area contributed by atoms with Crippen molar-refractivity contribution >= 4 is 5.91 Å². The Hall–Kier alpha value is -1.39. The molecule has 0 radical (unpaired) electrons. The van der Waals surface area contributed by atoms with Crippen molar-refractivity contribution < 1.29 is 4.79 Å². The zero-order chi connectivity index (χ0) is 13.9. The summed E-state index contributed by atoms with van der Waals surface area (Å²) < 4.78 is 0. The van der Waals surface area contributed by atoms with Gasteiger partial charge in [0.05, 0.1) is 6.04 Å². The predicted molar refractivity (Wildman–Crippen MR) is 79.0 cm³/mol. The molecule has 2 aliphatic heterocycles. The van der Waals surface area contributed by atoms with Gasteiger partial charge in [-0.3, -0.25) is 9.69 Å². The molecule has 1 unspecified atom stereocenters. The molecule has 3 rings (SSSR count). The van der Waals surface area contributed by atoms with E-state index in [4.69, 9.17) is 5.73 Å². The molecule has 1 aromatic rings. The average Bonchev–Trinajstić information content (AvgIpc) is 2.81. The molecule has 2 aliphatic rings. The standard InChI is InChI=1S/C16H23N3O/c17-15-8-11-19(16(15)20)14-6-9-18(10-7-14)12-13-4-2-1-3-5-13/h1-5,14-15H,6-12,17H2. The average molecular weight is 273 g/mol. The Labute approximate surface area is 120 Å².